The third-order valence-electron chi connectivity index (χ3n) is 5.60. The van der Waals surface area contributed by atoms with E-state index in [9.17, 15) is 9.59 Å². The SMILES string of the molecule is Cc1cc(C)n(CC(=O)N2CC3CC2CC3NC(=O)c2ccccc2)n1. The van der Waals surface area contributed by atoms with Crippen molar-refractivity contribution in [3.63, 3.8) is 0 Å². The van der Waals surface area contributed by atoms with Crippen LogP contribution in [0.4, 0.5) is 0 Å². The monoisotopic (exact) mass is 352 g/mol. The summed E-state index contributed by atoms with van der Waals surface area (Å²) in [5, 5.41) is 7.54. The number of aryl methyl sites for hydroxylation is 2. The average Bonchev–Trinajstić information content (AvgIpc) is 3.30. The maximum absolute atomic E-state index is 12.7. The number of likely N-dealkylation sites (tertiary alicyclic amines) is 1. The lowest BCUT2D eigenvalue weighted by atomic mass is 10.0. The van der Waals surface area contributed by atoms with Gasteiger partial charge in [0, 0.05) is 29.9 Å². The molecule has 4 rings (SSSR count). The van der Waals surface area contributed by atoms with Gasteiger partial charge in [-0.2, -0.15) is 5.10 Å². The second-order valence-electron chi connectivity index (χ2n) is 7.46. The molecule has 1 aliphatic carbocycles. The van der Waals surface area contributed by atoms with Crippen molar-refractivity contribution in [2.45, 2.75) is 45.3 Å². The molecule has 6 heteroatoms. The molecule has 1 aliphatic heterocycles. The molecule has 2 bridgehead atoms. The van der Waals surface area contributed by atoms with E-state index < -0.39 is 0 Å². The van der Waals surface area contributed by atoms with Gasteiger partial charge in [0.25, 0.3) is 5.91 Å². The van der Waals surface area contributed by atoms with Crippen LogP contribution in [0, 0.1) is 19.8 Å². The number of piperidine rings is 1. The average molecular weight is 352 g/mol. The summed E-state index contributed by atoms with van der Waals surface area (Å²) in [7, 11) is 0. The van der Waals surface area contributed by atoms with Gasteiger partial charge < -0.3 is 10.2 Å². The molecule has 3 atom stereocenters. The maximum atomic E-state index is 12.7. The van der Waals surface area contributed by atoms with E-state index in [0.717, 1.165) is 30.8 Å². The molecule has 2 aromatic rings. The number of hydrogen-bond acceptors (Lipinski definition) is 3. The van der Waals surface area contributed by atoms with Gasteiger partial charge in [-0.3, -0.25) is 14.3 Å². The van der Waals surface area contributed by atoms with Gasteiger partial charge >= 0.3 is 0 Å². The lowest BCUT2D eigenvalue weighted by molar-refractivity contribution is -0.133. The molecule has 0 spiro atoms. The van der Waals surface area contributed by atoms with Gasteiger partial charge in [0.05, 0.1) is 5.69 Å². The number of rotatable bonds is 4. The Balaban J connectivity index is 1.35. The van der Waals surface area contributed by atoms with E-state index in [2.05, 4.69) is 10.4 Å². The lowest BCUT2D eigenvalue weighted by Crippen LogP contribution is -2.48. The minimum atomic E-state index is -0.0244. The van der Waals surface area contributed by atoms with Crippen molar-refractivity contribution in [2.75, 3.05) is 6.54 Å². The third kappa shape index (κ3) is 3.11. The van der Waals surface area contributed by atoms with Crippen LogP contribution in [0.3, 0.4) is 0 Å². The van der Waals surface area contributed by atoms with E-state index in [1.165, 1.54) is 0 Å². The molecule has 136 valence electrons. The summed E-state index contributed by atoms with van der Waals surface area (Å²) in [6.07, 6.45) is 1.81. The molecule has 1 aromatic heterocycles. The van der Waals surface area contributed by atoms with Gasteiger partial charge in [-0.25, -0.2) is 0 Å². The molecule has 1 saturated carbocycles. The lowest BCUT2D eigenvalue weighted by Gasteiger charge is -2.32. The number of hydrogen-bond donors (Lipinski definition) is 1. The Kier molecular flexibility index (Phi) is 4.26. The number of benzene rings is 1. The number of carbonyl (C=O) groups excluding carboxylic acids is 2. The molecule has 1 saturated heterocycles. The van der Waals surface area contributed by atoms with E-state index in [0.29, 0.717) is 18.0 Å². The zero-order valence-corrected chi connectivity index (χ0v) is 15.2. The normalized spacial score (nSPS) is 24.1. The van der Waals surface area contributed by atoms with Crippen LogP contribution in [0.1, 0.15) is 34.6 Å². The number of amides is 2. The zero-order chi connectivity index (χ0) is 18.3. The predicted octanol–water partition coefficient (Wildman–Crippen LogP) is 1.92. The first-order valence-electron chi connectivity index (χ1n) is 9.17. The zero-order valence-electron chi connectivity index (χ0n) is 15.2. The summed E-state index contributed by atoms with van der Waals surface area (Å²) in [6.45, 7) is 4.93. The molecule has 2 heterocycles. The Hall–Kier alpha value is -2.63. The third-order valence-corrected chi connectivity index (χ3v) is 5.60. The standard InChI is InChI=1S/C20H24N4O2/c1-13-8-14(2)24(22-13)12-19(25)23-11-16-9-17(23)10-18(16)21-20(26)15-6-4-3-5-7-15/h3-8,16-18H,9-12H2,1-2H3,(H,21,26). The summed E-state index contributed by atoms with van der Waals surface area (Å²) in [5.41, 5.74) is 2.63. The summed E-state index contributed by atoms with van der Waals surface area (Å²) in [4.78, 5) is 27.0. The smallest absolute Gasteiger partial charge is 0.251 e. The highest BCUT2D eigenvalue weighted by Crippen LogP contribution is 2.38. The number of nitrogens with zero attached hydrogens (tertiary/aromatic N) is 3. The van der Waals surface area contributed by atoms with E-state index in [-0.39, 0.29) is 23.9 Å². The molecule has 1 N–H and O–H groups in total. The molecule has 1 aromatic carbocycles. The highest BCUT2D eigenvalue weighted by Gasteiger charge is 2.46. The van der Waals surface area contributed by atoms with Crippen LogP contribution < -0.4 is 5.32 Å². The summed E-state index contributed by atoms with van der Waals surface area (Å²) < 4.78 is 1.78. The van der Waals surface area contributed by atoms with Gasteiger partial charge in [-0.05, 0) is 50.8 Å². The summed E-state index contributed by atoms with van der Waals surface area (Å²) in [5.74, 6) is 0.442. The van der Waals surface area contributed by atoms with Crippen molar-refractivity contribution in [1.29, 1.82) is 0 Å². The van der Waals surface area contributed by atoms with Gasteiger partial charge in [-0.1, -0.05) is 18.2 Å². The quantitative estimate of drug-likeness (QED) is 0.914. The molecular weight excluding hydrogens is 328 g/mol. The summed E-state index contributed by atoms with van der Waals surface area (Å²) >= 11 is 0. The highest BCUT2D eigenvalue weighted by atomic mass is 16.2. The summed E-state index contributed by atoms with van der Waals surface area (Å²) in [6, 6.07) is 11.7. The van der Waals surface area contributed by atoms with Crippen LogP contribution in [0.25, 0.3) is 0 Å². The van der Waals surface area contributed by atoms with E-state index >= 15 is 0 Å². The molecule has 2 aliphatic rings. The first-order valence-corrected chi connectivity index (χ1v) is 9.17. The fraction of sp³-hybridized carbons (Fsp3) is 0.450. The van der Waals surface area contributed by atoms with Crippen molar-refractivity contribution in [2.24, 2.45) is 5.92 Å². The fourth-order valence-corrected chi connectivity index (χ4v) is 4.33. The van der Waals surface area contributed by atoms with Crippen molar-refractivity contribution in [3.05, 3.63) is 53.3 Å². The maximum Gasteiger partial charge on any atom is 0.251 e. The van der Waals surface area contributed by atoms with Crippen LogP contribution in [0.15, 0.2) is 36.4 Å². The number of aromatic nitrogens is 2. The molecule has 2 fully saturated rings. The predicted molar refractivity (Wildman–Crippen MR) is 97.6 cm³/mol. The largest absolute Gasteiger partial charge is 0.349 e. The van der Waals surface area contributed by atoms with E-state index in [1.54, 1.807) is 4.68 Å². The van der Waals surface area contributed by atoms with Crippen LogP contribution in [0.5, 0.6) is 0 Å². The van der Waals surface area contributed by atoms with Crippen LogP contribution >= 0.6 is 0 Å². The highest BCUT2D eigenvalue weighted by molar-refractivity contribution is 5.94. The molecule has 0 radical (unpaired) electrons. The number of carbonyl (C=O) groups is 2. The van der Waals surface area contributed by atoms with Crippen LogP contribution in [-0.2, 0) is 11.3 Å². The number of nitrogens with one attached hydrogen (secondary N) is 1. The Labute approximate surface area is 153 Å². The molecule has 2 amide bonds. The van der Waals surface area contributed by atoms with Crippen molar-refractivity contribution in [3.8, 4) is 0 Å². The molecule has 6 nitrogen and oxygen atoms in total. The Morgan fingerprint density at radius 1 is 1.19 bits per heavy atom. The number of fused-ring (bicyclic) bond motifs is 2. The second kappa shape index (κ2) is 6.59. The Morgan fingerprint density at radius 3 is 2.58 bits per heavy atom. The first kappa shape index (κ1) is 16.8. The minimum absolute atomic E-state index is 0.0244. The minimum Gasteiger partial charge on any atom is -0.349 e. The second-order valence-corrected chi connectivity index (χ2v) is 7.46. The topological polar surface area (TPSA) is 67.2 Å². The fourth-order valence-electron chi connectivity index (χ4n) is 4.33. The van der Waals surface area contributed by atoms with E-state index in [1.807, 2.05) is 55.1 Å². The molecule has 26 heavy (non-hydrogen) atoms. The van der Waals surface area contributed by atoms with Crippen molar-refractivity contribution >= 4 is 11.8 Å². The molecular formula is C20H24N4O2. The van der Waals surface area contributed by atoms with Gasteiger partial charge in [0.1, 0.15) is 6.54 Å². The van der Waals surface area contributed by atoms with Crippen molar-refractivity contribution < 1.29 is 9.59 Å². The Bertz CT molecular complexity index is 830. The van der Waals surface area contributed by atoms with E-state index in [4.69, 9.17) is 0 Å². The van der Waals surface area contributed by atoms with Gasteiger partial charge in [-0.15, -0.1) is 0 Å². The first-order chi connectivity index (χ1) is 12.5. The molecule has 3 unspecified atom stereocenters. The van der Waals surface area contributed by atoms with Crippen LogP contribution in [-0.4, -0.2) is 45.1 Å². The van der Waals surface area contributed by atoms with Crippen LogP contribution in [0.2, 0.25) is 0 Å². The Morgan fingerprint density at radius 2 is 1.96 bits per heavy atom. The van der Waals surface area contributed by atoms with Crippen molar-refractivity contribution in [1.82, 2.24) is 20.0 Å². The van der Waals surface area contributed by atoms with Gasteiger partial charge in [0.15, 0.2) is 0 Å². The van der Waals surface area contributed by atoms with Gasteiger partial charge in [0.2, 0.25) is 5.91 Å².